The molecule has 28 heavy (non-hydrogen) atoms. The largest absolute Gasteiger partial charge is 0.500 e. The van der Waals surface area contributed by atoms with Crippen LogP contribution >= 0.6 is 0 Å². The standard InChI is InChI=1S/C16H36N8O3Si/c1-4-25-28(26-5-2,27-6-3)13-7-10-20-15-21-14(19)22-16(23-15)24(11-8-17)12-9-18/h4-13,17-18H2,1-3H3,(H3,19,20,21,22,23). The van der Waals surface area contributed by atoms with Crippen molar-refractivity contribution in [1.29, 1.82) is 0 Å². The van der Waals surface area contributed by atoms with E-state index in [1.165, 1.54) is 0 Å². The van der Waals surface area contributed by atoms with E-state index in [-0.39, 0.29) is 5.95 Å². The molecule has 1 rings (SSSR count). The van der Waals surface area contributed by atoms with Crippen LogP contribution in [-0.2, 0) is 13.3 Å². The van der Waals surface area contributed by atoms with Crippen molar-refractivity contribution in [2.24, 2.45) is 11.5 Å². The van der Waals surface area contributed by atoms with E-state index in [0.29, 0.717) is 70.5 Å². The zero-order chi connectivity index (χ0) is 20.8. The van der Waals surface area contributed by atoms with Gasteiger partial charge in [0, 0.05) is 58.6 Å². The average Bonchev–Trinajstić information content (AvgIpc) is 2.65. The maximum Gasteiger partial charge on any atom is 0.500 e. The van der Waals surface area contributed by atoms with E-state index in [0.717, 1.165) is 6.42 Å². The van der Waals surface area contributed by atoms with Gasteiger partial charge in [-0.3, -0.25) is 0 Å². The van der Waals surface area contributed by atoms with Gasteiger partial charge in [0.1, 0.15) is 0 Å². The van der Waals surface area contributed by atoms with Crippen molar-refractivity contribution < 1.29 is 13.3 Å². The Balaban J connectivity index is 2.70. The lowest BCUT2D eigenvalue weighted by Crippen LogP contribution is -2.46. The van der Waals surface area contributed by atoms with E-state index in [1.54, 1.807) is 0 Å². The Hall–Kier alpha value is -1.57. The summed E-state index contributed by atoms with van der Waals surface area (Å²) in [5.41, 5.74) is 17.1. The molecule has 7 N–H and O–H groups in total. The van der Waals surface area contributed by atoms with E-state index in [9.17, 15) is 0 Å². The van der Waals surface area contributed by atoms with Gasteiger partial charge >= 0.3 is 8.80 Å². The molecule has 0 unspecified atom stereocenters. The van der Waals surface area contributed by atoms with E-state index >= 15 is 0 Å². The Morgan fingerprint density at radius 3 is 2.00 bits per heavy atom. The SMILES string of the molecule is CCO[Si](CCCNc1nc(N)nc(N(CCN)CCN)n1)(OCC)OCC. The summed E-state index contributed by atoms with van der Waals surface area (Å²) in [6.07, 6.45) is 0.780. The zero-order valence-corrected chi connectivity index (χ0v) is 18.3. The predicted molar refractivity (Wildman–Crippen MR) is 113 cm³/mol. The summed E-state index contributed by atoms with van der Waals surface area (Å²) in [5, 5.41) is 3.19. The van der Waals surface area contributed by atoms with Crippen molar-refractivity contribution in [1.82, 2.24) is 15.0 Å². The third-order valence-corrected chi connectivity index (χ3v) is 6.91. The van der Waals surface area contributed by atoms with Crippen molar-refractivity contribution in [2.75, 3.05) is 68.5 Å². The fourth-order valence-corrected chi connectivity index (χ4v) is 5.34. The molecule has 1 heterocycles. The monoisotopic (exact) mass is 416 g/mol. The second-order valence-electron chi connectivity index (χ2n) is 5.89. The molecule has 0 amide bonds. The summed E-state index contributed by atoms with van der Waals surface area (Å²) in [4.78, 5) is 14.7. The van der Waals surface area contributed by atoms with E-state index < -0.39 is 8.80 Å². The smallest absolute Gasteiger partial charge is 0.374 e. The van der Waals surface area contributed by atoms with Gasteiger partial charge in [0.25, 0.3) is 0 Å². The molecule has 0 aromatic carbocycles. The molecule has 12 heteroatoms. The van der Waals surface area contributed by atoms with E-state index in [2.05, 4.69) is 20.3 Å². The van der Waals surface area contributed by atoms with Crippen LogP contribution in [0.2, 0.25) is 6.04 Å². The molecule has 11 nitrogen and oxygen atoms in total. The summed E-state index contributed by atoms with van der Waals surface area (Å²) in [5.74, 6) is 1.03. The highest BCUT2D eigenvalue weighted by Gasteiger charge is 2.39. The van der Waals surface area contributed by atoms with Gasteiger partial charge in [-0.25, -0.2) is 0 Å². The summed E-state index contributed by atoms with van der Waals surface area (Å²) in [6.45, 7) is 10.3. The lowest BCUT2D eigenvalue weighted by Gasteiger charge is -2.28. The number of anilines is 3. The van der Waals surface area contributed by atoms with Gasteiger partial charge in [-0.1, -0.05) is 0 Å². The van der Waals surface area contributed by atoms with Gasteiger partial charge in [-0.2, -0.15) is 15.0 Å². The van der Waals surface area contributed by atoms with Crippen LogP contribution in [0.4, 0.5) is 17.8 Å². The molecule has 1 aromatic rings. The second-order valence-corrected chi connectivity index (χ2v) is 8.63. The molecule has 0 fully saturated rings. The normalized spacial score (nSPS) is 11.6. The maximum atomic E-state index is 5.86. The van der Waals surface area contributed by atoms with Crippen LogP contribution in [0, 0.1) is 0 Å². The number of nitrogens with one attached hydrogen (secondary N) is 1. The number of hydrogen-bond acceptors (Lipinski definition) is 11. The molecule has 0 atom stereocenters. The first kappa shape index (κ1) is 24.5. The summed E-state index contributed by atoms with van der Waals surface area (Å²) in [6, 6.07) is 0.704. The van der Waals surface area contributed by atoms with Gasteiger partial charge in [0.15, 0.2) is 0 Å². The summed E-state index contributed by atoms with van der Waals surface area (Å²) >= 11 is 0. The van der Waals surface area contributed by atoms with Gasteiger partial charge in [0.2, 0.25) is 17.8 Å². The van der Waals surface area contributed by atoms with Crippen molar-refractivity contribution >= 4 is 26.6 Å². The zero-order valence-electron chi connectivity index (χ0n) is 17.3. The third kappa shape index (κ3) is 8.20. The van der Waals surface area contributed by atoms with Gasteiger partial charge in [0.05, 0.1) is 0 Å². The molecular weight excluding hydrogens is 380 g/mol. The average molecular weight is 417 g/mol. The molecule has 0 radical (unpaired) electrons. The number of aromatic nitrogens is 3. The molecule has 1 aromatic heterocycles. The minimum atomic E-state index is -2.65. The number of rotatable bonds is 16. The lowest BCUT2D eigenvalue weighted by atomic mass is 10.5. The number of nitrogen functional groups attached to an aromatic ring is 1. The van der Waals surface area contributed by atoms with Gasteiger partial charge < -0.3 is 40.7 Å². The Kier molecular flexibility index (Phi) is 11.9. The van der Waals surface area contributed by atoms with Crippen LogP contribution < -0.4 is 27.4 Å². The highest BCUT2D eigenvalue weighted by atomic mass is 28.4. The van der Waals surface area contributed by atoms with Gasteiger partial charge in [-0.15, -0.1) is 0 Å². The molecule has 0 saturated carbocycles. The first-order valence-corrected chi connectivity index (χ1v) is 11.8. The van der Waals surface area contributed by atoms with Crippen molar-refractivity contribution in [3.8, 4) is 0 Å². The quantitative estimate of drug-likeness (QED) is 0.212. The van der Waals surface area contributed by atoms with Crippen LogP contribution in [0.1, 0.15) is 27.2 Å². The maximum absolute atomic E-state index is 5.86. The predicted octanol–water partition coefficient (Wildman–Crippen LogP) is 0.0280. The fraction of sp³-hybridized carbons (Fsp3) is 0.812. The topological polar surface area (TPSA) is 160 Å². The van der Waals surface area contributed by atoms with Crippen LogP contribution in [0.25, 0.3) is 0 Å². The number of hydrogen-bond donors (Lipinski definition) is 4. The van der Waals surface area contributed by atoms with E-state index in [1.807, 2.05) is 25.7 Å². The Morgan fingerprint density at radius 1 is 0.929 bits per heavy atom. The van der Waals surface area contributed by atoms with Crippen LogP contribution in [0.3, 0.4) is 0 Å². The molecule has 0 aliphatic carbocycles. The van der Waals surface area contributed by atoms with Crippen LogP contribution in [0.15, 0.2) is 0 Å². The van der Waals surface area contributed by atoms with Crippen molar-refractivity contribution in [2.45, 2.75) is 33.2 Å². The molecule has 162 valence electrons. The highest BCUT2D eigenvalue weighted by molar-refractivity contribution is 6.60. The van der Waals surface area contributed by atoms with Gasteiger partial charge in [-0.05, 0) is 27.2 Å². The molecule has 0 aliphatic rings. The molecule has 0 spiro atoms. The Labute approximate surface area is 168 Å². The number of nitrogens with two attached hydrogens (primary N) is 3. The second kappa shape index (κ2) is 13.6. The molecular formula is C16H36N8O3Si. The molecule has 0 bridgehead atoms. The summed E-state index contributed by atoms with van der Waals surface area (Å²) < 4.78 is 17.6. The summed E-state index contributed by atoms with van der Waals surface area (Å²) in [7, 11) is -2.65. The minimum absolute atomic E-state index is 0.146. The lowest BCUT2D eigenvalue weighted by molar-refractivity contribution is 0.0710. The Bertz CT molecular complexity index is 532. The molecule has 0 saturated heterocycles. The van der Waals surface area contributed by atoms with E-state index in [4.69, 9.17) is 30.5 Å². The fourth-order valence-electron chi connectivity index (χ4n) is 2.73. The third-order valence-electron chi connectivity index (χ3n) is 3.76. The highest BCUT2D eigenvalue weighted by Crippen LogP contribution is 2.18. The van der Waals surface area contributed by atoms with Crippen LogP contribution in [0.5, 0.6) is 0 Å². The van der Waals surface area contributed by atoms with Crippen molar-refractivity contribution in [3.63, 3.8) is 0 Å². The number of nitrogens with zero attached hydrogens (tertiary/aromatic N) is 4. The first-order chi connectivity index (χ1) is 13.5. The van der Waals surface area contributed by atoms with Crippen LogP contribution in [-0.4, -0.2) is 76.3 Å². The van der Waals surface area contributed by atoms with Crippen molar-refractivity contribution in [3.05, 3.63) is 0 Å². The Morgan fingerprint density at radius 2 is 1.50 bits per heavy atom. The first-order valence-electron chi connectivity index (χ1n) is 9.86. The minimum Gasteiger partial charge on any atom is -0.374 e. The molecule has 0 aliphatic heterocycles.